The van der Waals surface area contributed by atoms with Crippen molar-refractivity contribution in [3.05, 3.63) is 58.9 Å². The van der Waals surface area contributed by atoms with Crippen LogP contribution in [-0.2, 0) is 6.54 Å². The van der Waals surface area contributed by atoms with E-state index in [1.807, 2.05) is 17.9 Å². The van der Waals surface area contributed by atoms with Gasteiger partial charge in [-0.2, -0.15) is 5.10 Å². The zero-order valence-corrected chi connectivity index (χ0v) is 13.9. The van der Waals surface area contributed by atoms with Crippen LogP contribution in [0, 0.1) is 13.8 Å². The molecule has 1 N–H and O–H groups in total. The molecule has 1 aliphatic carbocycles. The third kappa shape index (κ3) is 2.77. The summed E-state index contributed by atoms with van der Waals surface area (Å²) in [5.74, 6) is 0.0491. The Hall–Kier alpha value is -2.69. The highest BCUT2D eigenvalue weighted by atomic mass is 16.2. The highest BCUT2D eigenvalue weighted by Gasteiger charge is 2.33. The molecule has 0 saturated heterocycles. The Balaban J connectivity index is 1.63. The quantitative estimate of drug-likeness (QED) is 0.801. The number of amides is 1. The van der Waals surface area contributed by atoms with Crippen molar-refractivity contribution in [3.8, 4) is 0 Å². The second-order valence-electron chi connectivity index (χ2n) is 6.59. The van der Waals surface area contributed by atoms with E-state index in [0.29, 0.717) is 23.8 Å². The van der Waals surface area contributed by atoms with Gasteiger partial charge in [-0.25, -0.2) is 4.98 Å². The SMILES string of the molecule is Cc1ccc(CN(C(=O)c2cnc3n[nH]c(C)c3c2)C2CC2)cc1. The molecule has 3 aromatic rings. The van der Waals surface area contributed by atoms with Crippen molar-refractivity contribution in [2.24, 2.45) is 0 Å². The molecule has 122 valence electrons. The third-order valence-corrected chi connectivity index (χ3v) is 4.57. The maximum atomic E-state index is 13.0. The molecule has 2 aromatic heterocycles. The Morgan fingerprint density at radius 3 is 2.71 bits per heavy atom. The number of hydrogen-bond acceptors (Lipinski definition) is 3. The van der Waals surface area contributed by atoms with Gasteiger partial charge in [-0.3, -0.25) is 9.89 Å². The number of aromatic nitrogens is 3. The van der Waals surface area contributed by atoms with Crippen LogP contribution in [-0.4, -0.2) is 32.0 Å². The summed E-state index contributed by atoms with van der Waals surface area (Å²) in [6.07, 6.45) is 3.80. The second kappa shape index (κ2) is 5.74. The first kappa shape index (κ1) is 14.9. The van der Waals surface area contributed by atoms with Crippen molar-refractivity contribution >= 4 is 16.9 Å². The van der Waals surface area contributed by atoms with E-state index in [0.717, 1.165) is 29.5 Å². The summed E-state index contributed by atoms with van der Waals surface area (Å²) in [6.45, 7) is 4.66. The molecule has 5 nitrogen and oxygen atoms in total. The van der Waals surface area contributed by atoms with Crippen LogP contribution >= 0.6 is 0 Å². The molecular formula is C19H20N4O. The normalized spacial score (nSPS) is 14.1. The van der Waals surface area contributed by atoms with Gasteiger partial charge in [0.05, 0.1) is 5.56 Å². The van der Waals surface area contributed by atoms with Gasteiger partial charge in [-0.05, 0) is 38.3 Å². The van der Waals surface area contributed by atoms with Crippen molar-refractivity contribution in [2.75, 3.05) is 0 Å². The number of benzene rings is 1. The van der Waals surface area contributed by atoms with Gasteiger partial charge in [0.1, 0.15) is 0 Å². The van der Waals surface area contributed by atoms with Crippen molar-refractivity contribution < 1.29 is 4.79 Å². The number of aromatic amines is 1. The van der Waals surface area contributed by atoms with E-state index in [1.165, 1.54) is 5.56 Å². The summed E-state index contributed by atoms with van der Waals surface area (Å²) in [4.78, 5) is 19.3. The second-order valence-corrected chi connectivity index (χ2v) is 6.59. The minimum absolute atomic E-state index is 0.0491. The summed E-state index contributed by atoms with van der Waals surface area (Å²) in [5.41, 5.74) is 4.61. The summed E-state index contributed by atoms with van der Waals surface area (Å²) in [7, 11) is 0. The summed E-state index contributed by atoms with van der Waals surface area (Å²) >= 11 is 0. The molecule has 0 radical (unpaired) electrons. The fourth-order valence-electron chi connectivity index (χ4n) is 2.95. The van der Waals surface area contributed by atoms with Crippen LogP contribution in [0.25, 0.3) is 11.0 Å². The van der Waals surface area contributed by atoms with E-state index in [-0.39, 0.29) is 5.91 Å². The molecule has 1 amide bonds. The molecule has 0 bridgehead atoms. The molecule has 24 heavy (non-hydrogen) atoms. The van der Waals surface area contributed by atoms with Gasteiger partial charge in [0.25, 0.3) is 5.91 Å². The Morgan fingerprint density at radius 2 is 2.00 bits per heavy atom. The predicted octanol–water partition coefficient (Wildman–Crippen LogP) is 3.38. The van der Waals surface area contributed by atoms with Crippen LogP contribution in [0.15, 0.2) is 36.5 Å². The number of pyridine rings is 1. The predicted molar refractivity (Wildman–Crippen MR) is 92.7 cm³/mol. The molecule has 5 heteroatoms. The minimum Gasteiger partial charge on any atom is -0.331 e. The number of hydrogen-bond donors (Lipinski definition) is 1. The lowest BCUT2D eigenvalue weighted by atomic mass is 10.1. The lowest BCUT2D eigenvalue weighted by Gasteiger charge is -2.22. The standard InChI is InChI=1S/C19H20N4O/c1-12-3-5-14(6-4-12)11-23(16-7-8-16)19(24)15-9-17-13(2)21-22-18(17)20-10-15/h3-6,9-10,16H,7-8,11H2,1-2H3,(H,20,21,22). The Morgan fingerprint density at radius 1 is 1.25 bits per heavy atom. The van der Waals surface area contributed by atoms with Gasteiger partial charge >= 0.3 is 0 Å². The number of carbonyl (C=O) groups excluding carboxylic acids is 1. The van der Waals surface area contributed by atoms with Crippen LogP contribution in [0.3, 0.4) is 0 Å². The molecule has 1 aliphatic rings. The maximum absolute atomic E-state index is 13.0. The highest BCUT2D eigenvalue weighted by molar-refractivity contribution is 5.97. The Kier molecular flexibility index (Phi) is 3.56. The summed E-state index contributed by atoms with van der Waals surface area (Å²) < 4.78 is 0. The zero-order chi connectivity index (χ0) is 16.7. The Labute approximate surface area is 140 Å². The molecule has 0 aliphatic heterocycles. The molecule has 4 rings (SSSR count). The lowest BCUT2D eigenvalue weighted by Crippen LogP contribution is -2.32. The van der Waals surface area contributed by atoms with E-state index < -0.39 is 0 Å². The fourth-order valence-corrected chi connectivity index (χ4v) is 2.95. The van der Waals surface area contributed by atoms with Gasteiger partial charge in [0.15, 0.2) is 5.65 Å². The number of nitrogens with one attached hydrogen (secondary N) is 1. The van der Waals surface area contributed by atoms with Crippen LogP contribution in [0.5, 0.6) is 0 Å². The number of rotatable bonds is 4. The van der Waals surface area contributed by atoms with Gasteiger partial charge in [-0.1, -0.05) is 29.8 Å². The molecular weight excluding hydrogens is 300 g/mol. The number of carbonyl (C=O) groups is 1. The first-order valence-corrected chi connectivity index (χ1v) is 8.29. The summed E-state index contributed by atoms with van der Waals surface area (Å²) in [6, 6.07) is 10.6. The molecule has 0 atom stereocenters. The van der Waals surface area contributed by atoms with Crippen LogP contribution in [0.2, 0.25) is 0 Å². The van der Waals surface area contributed by atoms with Gasteiger partial charge in [-0.15, -0.1) is 0 Å². The monoisotopic (exact) mass is 320 g/mol. The van der Waals surface area contributed by atoms with Crippen molar-refractivity contribution in [1.29, 1.82) is 0 Å². The van der Waals surface area contributed by atoms with E-state index in [4.69, 9.17) is 0 Å². The zero-order valence-electron chi connectivity index (χ0n) is 13.9. The van der Waals surface area contributed by atoms with Crippen molar-refractivity contribution in [1.82, 2.24) is 20.1 Å². The molecule has 1 fully saturated rings. The molecule has 2 heterocycles. The van der Waals surface area contributed by atoms with Crippen LogP contribution in [0.1, 0.15) is 40.0 Å². The molecule has 0 spiro atoms. The maximum Gasteiger partial charge on any atom is 0.255 e. The largest absolute Gasteiger partial charge is 0.331 e. The first-order valence-electron chi connectivity index (χ1n) is 8.29. The van der Waals surface area contributed by atoms with Crippen molar-refractivity contribution in [3.63, 3.8) is 0 Å². The average Bonchev–Trinajstić information content (AvgIpc) is 3.37. The molecule has 1 saturated carbocycles. The van der Waals surface area contributed by atoms with Crippen LogP contribution in [0.4, 0.5) is 0 Å². The van der Waals surface area contributed by atoms with E-state index in [2.05, 4.69) is 46.4 Å². The van der Waals surface area contributed by atoms with Gasteiger partial charge < -0.3 is 4.90 Å². The van der Waals surface area contributed by atoms with Crippen LogP contribution < -0.4 is 0 Å². The number of H-pyrrole nitrogens is 1. The summed E-state index contributed by atoms with van der Waals surface area (Å²) in [5, 5.41) is 7.95. The Bertz CT molecular complexity index is 893. The van der Waals surface area contributed by atoms with E-state index >= 15 is 0 Å². The number of aryl methyl sites for hydroxylation is 2. The molecule has 1 aromatic carbocycles. The minimum atomic E-state index is 0.0491. The van der Waals surface area contributed by atoms with E-state index in [9.17, 15) is 4.79 Å². The smallest absolute Gasteiger partial charge is 0.255 e. The van der Waals surface area contributed by atoms with Gasteiger partial charge in [0, 0.05) is 29.9 Å². The van der Waals surface area contributed by atoms with Crippen molar-refractivity contribution in [2.45, 2.75) is 39.3 Å². The third-order valence-electron chi connectivity index (χ3n) is 4.57. The number of fused-ring (bicyclic) bond motifs is 1. The van der Waals surface area contributed by atoms with Gasteiger partial charge in [0.2, 0.25) is 0 Å². The average molecular weight is 320 g/mol. The number of nitrogens with zero attached hydrogens (tertiary/aromatic N) is 3. The first-order chi connectivity index (χ1) is 11.6. The fraction of sp³-hybridized carbons (Fsp3) is 0.316. The topological polar surface area (TPSA) is 61.9 Å². The highest BCUT2D eigenvalue weighted by Crippen LogP contribution is 2.30. The molecule has 0 unspecified atom stereocenters. The van der Waals surface area contributed by atoms with E-state index in [1.54, 1.807) is 6.20 Å². The lowest BCUT2D eigenvalue weighted by molar-refractivity contribution is 0.0729.